The van der Waals surface area contributed by atoms with Crippen LogP contribution in [0.5, 0.6) is 0 Å². The molecule has 0 radical (unpaired) electrons. The maximum absolute atomic E-state index is 3.71. The standard InChI is InChI=1S/C12H25NS2/c1-10(14-4)5-6-13-11-7-12(2,3)9-15-8-11/h10-11,13H,5-9H2,1-4H3. The molecule has 1 rings (SSSR count). The molecule has 1 heterocycles. The molecule has 0 aromatic carbocycles. The second-order valence-electron chi connectivity index (χ2n) is 5.37. The molecule has 0 aliphatic carbocycles. The summed E-state index contributed by atoms with van der Waals surface area (Å²) >= 11 is 4.07. The molecule has 1 saturated heterocycles. The Morgan fingerprint density at radius 2 is 2.27 bits per heavy atom. The molecule has 2 unspecified atom stereocenters. The molecule has 0 bridgehead atoms. The summed E-state index contributed by atoms with van der Waals surface area (Å²) in [6, 6.07) is 0.743. The monoisotopic (exact) mass is 247 g/mol. The molecule has 0 aromatic rings. The molecule has 1 aliphatic heterocycles. The molecule has 1 N–H and O–H groups in total. The average Bonchev–Trinajstić information content (AvgIpc) is 2.16. The highest BCUT2D eigenvalue weighted by Gasteiger charge is 2.27. The first-order valence-corrected chi connectivity index (χ1v) is 8.32. The molecule has 0 aromatic heterocycles. The van der Waals surface area contributed by atoms with Crippen molar-refractivity contribution in [3.63, 3.8) is 0 Å². The lowest BCUT2D eigenvalue weighted by Gasteiger charge is -2.35. The van der Waals surface area contributed by atoms with Crippen molar-refractivity contribution >= 4 is 23.5 Å². The first-order valence-electron chi connectivity index (χ1n) is 5.87. The number of thioether (sulfide) groups is 2. The molecular weight excluding hydrogens is 222 g/mol. The Kier molecular flexibility index (Phi) is 5.86. The van der Waals surface area contributed by atoms with Crippen LogP contribution in [0.15, 0.2) is 0 Å². The van der Waals surface area contributed by atoms with E-state index in [0.717, 1.165) is 11.3 Å². The van der Waals surface area contributed by atoms with Gasteiger partial charge in [-0.3, -0.25) is 0 Å². The third-order valence-corrected chi connectivity index (χ3v) is 5.66. The normalized spacial score (nSPS) is 27.6. The lowest BCUT2D eigenvalue weighted by molar-refractivity contribution is 0.318. The second kappa shape index (κ2) is 6.41. The molecule has 15 heavy (non-hydrogen) atoms. The number of hydrogen-bond acceptors (Lipinski definition) is 3. The van der Waals surface area contributed by atoms with Crippen LogP contribution in [-0.2, 0) is 0 Å². The van der Waals surface area contributed by atoms with Gasteiger partial charge in [-0.15, -0.1) is 0 Å². The van der Waals surface area contributed by atoms with Crippen LogP contribution in [0.3, 0.4) is 0 Å². The summed E-state index contributed by atoms with van der Waals surface area (Å²) in [6.07, 6.45) is 4.83. The van der Waals surface area contributed by atoms with E-state index in [1.165, 1.54) is 30.9 Å². The maximum atomic E-state index is 3.71. The third-order valence-electron chi connectivity index (χ3n) is 3.00. The highest BCUT2D eigenvalue weighted by atomic mass is 32.2. The van der Waals surface area contributed by atoms with Crippen LogP contribution in [0.2, 0.25) is 0 Å². The highest BCUT2D eigenvalue weighted by molar-refractivity contribution is 7.99. The Balaban J connectivity index is 2.16. The van der Waals surface area contributed by atoms with E-state index in [2.05, 4.69) is 44.1 Å². The molecule has 1 aliphatic rings. The molecule has 0 saturated carbocycles. The van der Waals surface area contributed by atoms with E-state index in [1.807, 2.05) is 11.8 Å². The molecule has 2 atom stereocenters. The van der Waals surface area contributed by atoms with Crippen LogP contribution in [-0.4, -0.2) is 35.6 Å². The minimum atomic E-state index is 0.533. The van der Waals surface area contributed by atoms with Gasteiger partial charge in [0.1, 0.15) is 0 Å². The smallest absolute Gasteiger partial charge is 0.0163 e. The quantitative estimate of drug-likeness (QED) is 0.801. The maximum Gasteiger partial charge on any atom is 0.0163 e. The predicted octanol–water partition coefficient (Wildman–Crippen LogP) is 3.25. The van der Waals surface area contributed by atoms with Crippen molar-refractivity contribution in [2.75, 3.05) is 24.3 Å². The Labute approximate surface area is 104 Å². The third kappa shape index (κ3) is 5.50. The zero-order chi connectivity index (χ0) is 11.3. The van der Waals surface area contributed by atoms with Gasteiger partial charge in [0.25, 0.3) is 0 Å². The van der Waals surface area contributed by atoms with E-state index in [0.29, 0.717) is 5.41 Å². The summed E-state index contributed by atoms with van der Waals surface area (Å²) in [5.74, 6) is 2.63. The first kappa shape index (κ1) is 13.7. The van der Waals surface area contributed by atoms with Crippen molar-refractivity contribution in [2.45, 2.75) is 44.9 Å². The predicted molar refractivity (Wildman–Crippen MR) is 75.1 cm³/mol. The molecular formula is C12H25NS2. The van der Waals surface area contributed by atoms with Gasteiger partial charge in [0.05, 0.1) is 0 Å². The lowest BCUT2D eigenvalue weighted by atomic mass is 9.88. The van der Waals surface area contributed by atoms with Crippen molar-refractivity contribution in [3.05, 3.63) is 0 Å². The van der Waals surface area contributed by atoms with Gasteiger partial charge in [-0.1, -0.05) is 20.8 Å². The van der Waals surface area contributed by atoms with Crippen LogP contribution in [0.4, 0.5) is 0 Å². The fraction of sp³-hybridized carbons (Fsp3) is 1.00. The van der Waals surface area contributed by atoms with Crippen LogP contribution >= 0.6 is 23.5 Å². The van der Waals surface area contributed by atoms with Crippen molar-refractivity contribution < 1.29 is 0 Å². The Hall–Kier alpha value is 0.660. The highest BCUT2D eigenvalue weighted by Crippen LogP contribution is 2.33. The van der Waals surface area contributed by atoms with Crippen LogP contribution < -0.4 is 5.32 Å². The number of rotatable bonds is 5. The minimum absolute atomic E-state index is 0.533. The average molecular weight is 247 g/mol. The zero-order valence-corrected chi connectivity index (χ0v) is 12.1. The molecule has 90 valence electrons. The van der Waals surface area contributed by atoms with Crippen molar-refractivity contribution in [3.8, 4) is 0 Å². The second-order valence-corrected chi connectivity index (χ2v) is 7.68. The van der Waals surface area contributed by atoms with Gasteiger partial charge >= 0.3 is 0 Å². The summed E-state index contributed by atoms with van der Waals surface area (Å²) < 4.78 is 0. The van der Waals surface area contributed by atoms with Gasteiger partial charge in [0.15, 0.2) is 0 Å². The largest absolute Gasteiger partial charge is 0.313 e. The van der Waals surface area contributed by atoms with Gasteiger partial charge in [-0.25, -0.2) is 0 Å². The molecule has 1 nitrogen and oxygen atoms in total. The van der Waals surface area contributed by atoms with E-state index >= 15 is 0 Å². The van der Waals surface area contributed by atoms with Crippen LogP contribution in [0.1, 0.15) is 33.6 Å². The van der Waals surface area contributed by atoms with Crippen molar-refractivity contribution in [2.24, 2.45) is 5.41 Å². The molecule has 3 heteroatoms. The lowest BCUT2D eigenvalue weighted by Crippen LogP contribution is -2.41. The van der Waals surface area contributed by atoms with Gasteiger partial charge in [0.2, 0.25) is 0 Å². The topological polar surface area (TPSA) is 12.0 Å². The minimum Gasteiger partial charge on any atom is -0.313 e. The van der Waals surface area contributed by atoms with E-state index in [1.54, 1.807) is 0 Å². The fourth-order valence-electron chi connectivity index (χ4n) is 2.00. The number of nitrogens with one attached hydrogen (secondary N) is 1. The summed E-state index contributed by atoms with van der Waals surface area (Å²) in [4.78, 5) is 0. The van der Waals surface area contributed by atoms with Gasteiger partial charge in [-0.05, 0) is 36.8 Å². The van der Waals surface area contributed by atoms with Crippen molar-refractivity contribution in [1.82, 2.24) is 5.32 Å². The number of hydrogen-bond donors (Lipinski definition) is 1. The first-order chi connectivity index (χ1) is 7.03. The van der Waals surface area contributed by atoms with Crippen molar-refractivity contribution in [1.29, 1.82) is 0 Å². The van der Waals surface area contributed by atoms with Gasteiger partial charge < -0.3 is 5.32 Å². The molecule has 0 amide bonds. The molecule has 0 spiro atoms. The van der Waals surface area contributed by atoms with Gasteiger partial charge in [-0.2, -0.15) is 23.5 Å². The fourth-order valence-corrected chi connectivity index (χ4v) is 3.66. The van der Waals surface area contributed by atoms with E-state index in [9.17, 15) is 0 Å². The van der Waals surface area contributed by atoms with E-state index in [4.69, 9.17) is 0 Å². The SMILES string of the molecule is CSC(C)CCNC1CSCC(C)(C)C1. The van der Waals surface area contributed by atoms with E-state index in [-0.39, 0.29) is 0 Å². The van der Waals surface area contributed by atoms with Crippen LogP contribution in [0, 0.1) is 5.41 Å². The molecule has 1 fully saturated rings. The Bertz CT molecular complexity index is 182. The van der Waals surface area contributed by atoms with E-state index < -0.39 is 0 Å². The Morgan fingerprint density at radius 1 is 1.53 bits per heavy atom. The van der Waals surface area contributed by atoms with Crippen LogP contribution in [0.25, 0.3) is 0 Å². The van der Waals surface area contributed by atoms with Gasteiger partial charge in [0, 0.05) is 17.0 Å². The summed E-state index contributed by atoms with van der Waals surface area (Å²) in [7, 11) is 0. The zero-order valence-electron chi connectivity index (χ0n) is 10.5. The summed E-state index contributed by atoms with van der Waals surface area (Å²) in [5.41, 5.74) is 0.533. The Morgan fingerprint density at radius 3 is 2.87 bits per heavy atom. The summed E-state index contributed by atoms with van der Waals surface area (Å²) in [5, 5.41) is 4.50. The summed E-state index contributed by atoms with van der Waals surface area (Å²) in [6.45, 7) is 8.27.